The second-order valence-corrected chi connectivity index (χ2v) is 4.12. The van der Waals surface area contributed by atoms with Gasteiger partial charge in [-0.3, -0.25) is 4.79 Å². The number of carbonyl (C=O) groups excluding carboxylic acids is 1. The molecular formula is C13H20N2O2. The molecule has 0 atom stereocenters. The predicted octanol–water partition coefficient (Wildman–Crippen LogP) is 1.06. The third-order valence-corrected chi connectivity index (χ3v) is 2.81. The van der Waals surface area contributed by atoms with Crippen molar-refractivity contribution in [3.05, 3.63) is 29.3 Å². The van der Waals surface area contributed by atoms with Crippen LogP contribution in [0.2, 0.25) is 0 Å². The number of aliphatic hydroxyl groups is 1. The maximum atomic E-state index is 11.2. The lowest BCUT2D eigenvalue weighted by Gasteiger charge is -2.21. The van der Waals surface area contributed by atoms with E-state index in [0.29, 0.717) is 13.0 Å². The number of amides is 1. The van der Waals surface area contributed by atoms with Gasteiger partial charge in [-0.2, -0.15) is 0 Å². The van der Waals surface area contributed by atoms with Crippen molar-refractivity contribution in [1.29, 1.82) is 0 Å². The van der Waals surface area contributed by atoms with Crippen molar-refractivity contribution >= 4 is 11.6 Å². The fourth-order valence-corrected chi connectivity index (χ4v) is 1.76. The third-order valence-electron chi connectivity index (χ3n) is 2.81. The van der Waals surface area contributed by atoms with Crippen LogP contribution in [0.3, 0.4) is 0 Å². The molecule has 0 bridgehead atoms. The maximum absolute atomic E-state index is 11.2. The van der Waals surface area contributed by atoms with Crippen LogP contribution in [0.25, 0.3) is 0 Å². The number of carbonyl (C=O) groups is 1. The second-order valence-electron chi connectivity index (χ2n) is 4.12. The first-order valence-corrected chi connectivity index (χ1v) is 5.70. The summed E-state index contributed by atoms with van der Waals surface area (Å²) in [6.07, 6.45) is 0.480. The van der Waals surface area contributed by atoms with Crippen LogP contribution in [0.5, 0.6) is 0 Å². The quantitative estimate of drug-likeness (QED) is 0.803. The molecule has 4 nitrogen and oxygen atoms in total. The topological polar surface area (TPSA) is 52.6 Å². The minimum Gasteiger partial charge on any atom is -0.392 e. The maximum Gasteiger partial charge on any atom is 0.221 e. The molecule has 0 aromatic heterocycles. The molecule has 0 unspecified atom stereocenters. The van der Waals surface area contributed by atoms with Crippen molar-refractivity contribution in [2.75, 3.05) is 25.5 Å². The first kappa shape index (κ1) is 13.5. The minimum atomic E-state index is 0.0430. The van der Waals surface area contributed by atoms with E-state index in [4.69, 9.17) is 5.11 Å². The molecule has 0 saturated carbocycles. The molecule has 1 rings (SSSR count). The number of hydrogen-bond acceptors (Lipinski definition) is 3. The molecule has 0 radical (unpaired) electrons. The van der Waals surface area contributed by atoms with Gasteiger partial charge in [-0.25, -0.2) is 0 Å². The Morgan fingerprint density at radius 3 is 2.71 bits per heavy atom. The highest BCUT2D eigenvalue weighted by molar-refractivity contribution is 5.76. The van der Waals surface area contributed by atoms with Crippen molar-refractivity contribution in [1.82, 2.24) is 5.32 Å². The minimum absolute atomic E-state index is 0.0430. The van der Waals surface area contributed by atoms with Crippen LogP contribution in [0, 0.1) is 6.92 Å². The average molecular weight is 236 g/mol. The number of hydrogen-bond donors (Lipinski definition) is 2. The fourth-order valence-electron chi connectivity index (χ4n) is 1.76. The largest absolute Gasteiger partial charge is 0.392 e. The average Bonchev–Trinajstić information content (AvgIpc) is 2.35. The predicted molar refractivity (Wildman–Crippen MR) is 69.1 cm³/mol. The molecule has 0 aliphatic rings. The first-order chi connectivity index (χ1) is 8.08. The zero-order valence-corrected chi connectivity index (χ0v) is 10.7. The number of anilines is 1. The normalized spacial score (nSPS) is 10.1. The third kappa shape index (κ3) is 3.75. The summed E-state index contributed by atoms with van der Waals surface area (Å²) in [4.78, 5) is 13.2. The molecule has 0 aliphatic heterocycles. The van der Waals surface area contributed by atoms with E-state index in [1.807, 2.05) is 37.1 Å². The lowest BCUT2D eigenvalue weighted by atomic mass is 10.1. The SMILES string of the molecule is CNC(=O)CCN(C)c1ccc(CO)cc1C. The first-order valence-electron chi connectivity index (χ1n) is 5.70. The van der Waals surface area contributed by atoms with Crippen molar-refractivity contribution in [2.24, 2.45) is 0 Å². The molecule has 0 fully saturated rings. The highest BCUT2D eigenvalue weighted by atomic mass is 16.3. The zero-order valence-electron chi connectivity index (χ0n) is 10.7. The van der Waals surface area contributed by atoms with Gasteiger partial charge < -0.3 is 15.3 Å². The Kier molecular flexibility index (Phi) is 4.97. The van der Waals surface area contributed by atoms with E-state index in [-0.39, 0.29) is 12.5 Å². The Balaban J connectivity index is 2.68. The number of nitrogens with zero attached hydrogens (tertiary/aromatic N) is 1. The Labute approximate surface area is 102 Å². The number of aliphatic hydroxyl groups excluding tert-OH is 1. The van der Waals surface area contributed by atoms with E-state index in [1.165, 1.54) is 0 Å². The number of benzene rings is 1. The smallest absolute Gasteiger partial charge is 0.221 e. The van der Waals surface area contributed by atoms with Gasteiger partial charge in [0.1, 0.15) is 0 Å². The summed E-state index contributed by atoms with van der Waals surface area (Å²) in [6.45, 7) is 2.74. The summed E-state index contributed by atoms with van der Waals surface area (Å²) in [7, 11) is 3.60. The molecule has 0 aliphatic carbocycles. The lowest BCUT2D eigenvalue weighted by molar-refractivity contribution is -0.120. The molecule has 17 heavy (non-hydrogen) atoms. The Morgan fingerprint density at radius 2 is 2.18 bits per heavy atom. The molecule has 2 N–H and O–H groups in total. The van der Waals surface area contributed by atoms with Crippen LogP contribution in [0.15, 0.2) is 18.2 Å². The van der Waals surface area contributed by atoms with E-state index < -0.39 is 0 Å². The fraction of sp³-hybridized carbons (Fsp3) is 0.462. The Bertz CT molecular complexity index is 391. The molecule has 1 aromatic rings. The molecule has 0 heterocycles. The summed E-state index contributed by atoms with van der Waals surface area (Å²) in [6, 6.07) is 5.84. The van der Waals surface area contributed by atoms with Gasteiger partial charge in [-0.05, 0) is 24.1 Å². The summed E-state index contributed by atoms with van der Waals surface area (Å²) >= 11 is 0. The molecule has 0 saturated heterocycles. The molecule has 4 heteroatoms. The van der Waals surface area contributed by atoms with E-state index in [0.717, 1.165) is 16.8 Å². The summed E-state index contributed by atoms with van der Waals surface area (Å²) in [5, 5.41) is 11.6. The van der Waals surface area contributed by atoms with Crippen LogP contribution in [0.4, 0.5) is 5.69 Å². The van der Waals surface area contributed by atoms with Crippen LogP contribution >= 0.6 is 0 Å². The Morgan fingerprint density at radius 1 is 1.47 bits per heavy atom. The van der Waals surface area contributed by atoms with Crippen molar-refractivity contribution < 1.29 is 9.90 Å². The molecule has 94 valence electrons. The van der Waals surface area contributed by atoms with E-state index in [2.05, 4.69) is 5.32 Å². The summed E-state index contributed by atoms with van der Waals surface area (Å²) in [5.41, 5.74) is 3.10. The van der Waals surface area contributed by atoms with E-state index in [1.54, 1.807) is 7.05 Å². The van der Waals surface area contributed by atoms with Gasteiger partial charge in [0.05, 0.1) is 6.61 Å². The van der Waals surface area contributed by atoms with E-state index in [9.17, 15) is 4.79 Å². The second kappa shape index (κ2) is 6.25. The molecule has 0 spiro atoms. The summed E-state index contributed by atoms with van der Waals surface area (Å²) < 4.78 is 0. The van der Waals surface area contributed by atoms with Gasteiger partial charge in [0.15, 0.2) is 0 Å². The van der Waals surface area contributed by atoms with Gasteiger partial charge in [-0.1, -0.05) is 12.1 Å². The van der Waals surface area contributed by atoms with Crippen LogP contribution < -0.4 is 10.2 Å². The van der Waals surface area contributed by atoms with Gasteiger partial charge in [0.2, 0.25) is 5.91 Å². The highest BCUT2D eigenvalue weighted by Gasteiger charge is 2.07. The molecule has 1 aromatic carbocycles. The van der Waals surface area contributed by atoms with Gasteiger partial charge in [0.25, 0.3) is 0 Å². The molecule has 1 amide bonds. The number of nitrogens with one attached hydrogen (secondary N) is 1. The van der Waals surface area contributed by atoms with Gasteiger partial charge >= 0.3 is 0 Å². The molecular weight excluding hydrogens is 216 g/mol. The summed E-state index contributed by atoms with van der Waals surface area (Å²) in [5.74, 6) is 0.0430. The van der Waals surface area contributed by atoms with Crippen molar-refractivity contribution in [3.63, 3.8) is 0 Å². The standard InChI is InChI=1S/C13H20N2O2/c1-10-8-11(9-16)4-5-12(10)15(3)7-6-13(17)14-2/h4-5,8,16H,6-7,9H2,1-3H3,(H,14,17). The zero-order chi connectivity index (χ0) is 12.8. The van der Waals surface area contributed by atoms with E-state index >= 15 is 0 Å². The van der Waals surface area contributed by atoms with Crippen molar-refractivity contribution in [2.45, 2.75) is 20.0 Å². The number of rotatable bonds is 5. The van der Waals surface area contributed by atoms with Gasteiger partial charge in [0, 0.05) is 32.7 Å². The van der Waals surface area contributed by atoms with Crippen molar-refractivity contribution in [3.8, 4) is 0 Å². The van der Waals surface area contributed by atoms with Crippen LogP contribution in [-0.2, 0) is 11.4 Å². The van der Waals surface area contributed by atoms with Crippen LogP contribution in [0.1, 0.15) is 17.5 Å². The van der Waals surface area contributed by atoms with Gasteiger partial charge in [-0.15, -0.1) is 0 Å². The number of aryl methyl sites for hydroxylation is 1. The lowest BCUT2D eigenvalue weighted by Crippen LogP contribution is -2.26. The van der Waals surface area contributed by atoms with Crippen LogP contribution in [-0.4, -0.2) is 31.7 Å². The highest BCUT2D eigenvalue weighted by Crippen LogP contribution is 2.20. The monoisotopic (exact) mass is 236 g/mol. The Hall–Kier alpha value is -1.55.